The average molecular weight is 280 g/mol. The molecule has 1 aromatic heterocycles. The fraction of sp³-hybridized carbons (Fsp3) is 0.286. The summed E-state index contributed by atoms with van der Waals surface area (Å²) in [4.78, 5) is 8.37. The molecule has 0 aliphatic carbocycles. The fourth-order valence-electron chi connectivity index (χ4n) is 1.93. The molecule has 0 fully saturated rings. The molecule has 0 bridgehead atoms. The van der Waals surface area contributed by atoms with E-state index < -0.39 is 0 Å². The lowest BCUT2D eigenvalue weighted by atomic mass is 10.0. The molecule has 1 aromatic carbocycles. The van der Waals surface area contributed by atoms with Crippen molar-refractivity contribution in [1.82, 2.24) is 15.3 Å². The van der Waals surface area contributed by atoms with E-state index in [0.29, 0.717) is 11.4 Å². The van der Waals surface area contributed by atoms with E-state index in [1.807, 2.05) is 6.92 Å². The van der Waals surface area contributed by atoms with Gasteiger partial charge in [0.2, 0.25) is 0 Å². The van der Waals surface area contributed by atoms with Crippen LogP contribution in [0, 0.1) is 5.82 Å². The van der Waals surface area contributed by atoms with E-state index in [9.17, 15) is 4.39 Å². The lowest BCUT2D eigenvalue weighted by Gasteiger charge is -2.17. The van der Waals surface area contributed by atoms with Crippen molar-refractivity contribution in [2.75, 3.05) is 6.54 Å². The molecule has 5 heteroatoms. The minimum atomic E-state index is -0.326. The predicted octanol–water partition coefficient (Wildman–Crippen LogP) is 3.16. The van der Waals surface area contributed by atoms with Gasteiger partial charge in [-0.25, -0.2) is 4.39 Å². The first-order valence-electron chi connectivity index (χ1n) is 6.14. The molecule has 0 aliphatic heterocycles. The minimum absolute atomic E-state index is 0.0154. The first-order valence-corrected chi connectivity index (χ1v) is 6.51. The molecule has 100 valence electrons. The van der Waals surface area contributed by atoms with Crippen LogP contribution in [0.15, 0.2) is 36.8 Å². The van der Waals surface area contributed by atoms with Gasteiger partial charge in [-0.05, 0) is 30.7 Å². The quantitative estimate of drug-likeness (QED) is 0.914. The van der Waals surface area contributed by atoms with Crippen LogP contribution >= 0.6 is 11.6 Å². The Morgan fingerprint density at radius 2 is 2.21 bits per heavy atom. The summed E-state index contributed by atoms with van der Waals surface area (Å²) in [6.07, 6.45) is 5.67. The highest BCUT2D eigenvalue weighted by Gasteiger charge is 2.14. The summed E-state index contributed by atoms with van der Waals surface area (Å²) in [6.45, 7) is 2.83. The molecule has 1 atom stereocenters. The summed E-state index contributed by atoms with van der Waals surface area (Å²) >= 11 is 6.06. The van der Waals surface area contributed by atoms with Crippen LogP contribution in [0.2, 0.25) is 5.02 Å². The maximum absolute atomic E-state index is 13.0. The summed E-state index contributed by atoms with van der Waals surface area (Å²) in [5.74, 6) is -0.326. The smallest absolute Gasteiger partial charge is 0.124 e. The molecule has 2 aromatic rings. The van der Waals surface area contributed by atoms with E-state index in [1.165, 1.54) is 12.1 Å². The normalized spacial score (nSPS) is 12.4. The predicted molar refractivity (Wildman–Crippen MR) is 73.6 cm³/mol. The molecule has 3 nitrogen and oxygen atoms in total. The molecule has 0 radical (unpaired) electrons. The van der Waals surface area contributed by atoms with E-state index in [2.05, 4.69) is 15.3 Å². The molecule has 0 saturated carbocycles. The number of aromatic nitrogens is 2. The third-order valence-electron chi connectivity index (χ3n) is 2.83. The third kappa shape index (κ3) is 3.72. The van der Waals surface area contributed by atoms with Gasteiger partial charge in [0.25, 0.3) is 0 Å². The monoisotopic (exact) mass is 279 g/mol. The van der Waals surface area contributed by atoms with E-state index in [0.717, 1.165) is 17.8 Å². The van der Waals surface area contributed by atoms with Gasteiger partial charge >= 0.3 is 0 Å². The SMILES string of the molecule is CCNC(Cc1ccc(F)cc1Cl)c1cnccn1. The molecule has 0 spiro atoms. The number of nitrogens with one attached hydrogen (secondary N) is 1. The van der Waals surface area contributed by atoms with Gasteiger partial charge in [-0.3, -0.25) is 9.97 Å². The molecular weight excluding hydrogens is 265 g/mol. The van der Waals surface area contributed by atoms with Crippen molar-refractivity contribution < 1.29 is 4.39 Å². The van der Waals surface area contributed by atoms with Crippen LogP contribution in [-0.2, 0) is 6.42 Å². The van der Waals surface area contributed by atoms with Gasteiger partial charge in [0.1, 0.15) is 5.82 Å². The van der Waals surface area contributed by atoms with Gasteiger partial charge in [0.15, 0.2) is 0 Å². The summed E-state index contributed by atoms with van der Waals surface area (Å²) in [5.41, 5.74) is 1.74. The Labute approximate surface area is 116 Å². The molecule has 1 heterocycles. The van der Waals surface area contributed by atoms with Crippen LogP contribution in [0.5, 0.6) is 0 Å². The van der Waals surface area contributed by atoms with Crippen molar-refractivity contribution in [2.24, 2.45) is 0 Å². The Bertz CT molecular complexity index is 533. The molecular formula is C14H15ClFN3. The van der Waals surface area contributed by atoms with Crippen LogP contribution in [0.1, 0.15) is 24.2 Å². The zero-order valence-electron chi connectivity index (χ0n) is 10.6. The van der Waals surface area contributed by atoms with Gasteiger partial charge in [-0.15, -0.1) is 0 Å². The number of hydrogen-bond acceptors (Lipinski definition) is 3. The molecule has 2 rings (SSSR count). The number of halogens is 2. The maximum Gasteiger partial charge on any atom is 0.124 e. The van der Waals surface area contributed by atoms with Crippen molar-refractivity contribution in [1.29, 1.82) is 0 Å². The summed E-state index contributed by atoms with van der Waals surface area (Å²) in [6, 6.07) is 4.47. The van der Waals surface area contributed by atoms with Crippen molar-refractivity contribution >= 4 is 11.6 Å². The largest absolute Gasteiger partial charge is 0.309 e. The van der Waals surface area contributed by atoms with Crippen molar-refractivity contribution in [2.45, 2.75) is 19.4 Å². The van der Waals surface area contributed by atoms with E-state index in [4.69, 9.17) is 11.6 Å². The molecule has 1 N–H and O–H groups in total. The van der Waals surface area contributed by atoms with Crippen LogP contribution in [-0.4, -0.2) is 16.5 Å². The summed E-state index contributed by atoms with van der Waals surface area (Å²) in [5, 5.41) is 3.77. The van der Waals surface area contributed by atoms with Crippen LogP contribution < -0.4 is 5.32 Å². The van der Waals surface area contributed by atoms with Crippen molar-refractivity contribution in [3.63, 3.8) is 0 Å². The third-order valence-corrected chi connectivity index (χ3v) is 3.18. The first kappa shape index (κ1) is 13.9. The molecule has 0 aliphatic rings. The zero-order valence-corrected chi connectivity index (χ0v) is 11.4. The van der Waals surface area contributed by atoms with Gasteiger partial charge in [-0.1, -0.05) is 24.6 Å². The number of nitrogens with zero attached hydrogens (tertiary/aromatic N) is 2. The van der Waals surface area contributed by atoms with Gasteiger partial charge in [-0.2, -0.15) is 0 Å². The molecule has 0 amide bonds. The zero-order chi connectivity index (χ0) is 13.7. The number of rotatable bonds is 5. The number of hydrogen-bond donors (Lipinski definition) is 1. The fourth-order valence-corrected chi connectivity index (χ4v) is 2.17. The van der Waals surface area contributed by atoms with E-state index >= 15 is 0 Å². The second kappa shape index (κ2) is 6.59. The second-order valence-electron chi connectivity index (χ2n) is 4.18. The van der Waals surface area contributed by atoms with Gasteiger partial charge in [0, 0.05) is 23.6 Å². The van der Waals surface area contributed by atoms with Crippen LogP contribution in [0.4, 0.5) is 4.39 Å². The Kier molecular flexibility index (Phi) is 4.82. The average Bonchev–Trinajstić information content (AvgIpc) is 2.42. The molecule has 0 saturated heterocycles. The van der Waals surface area contributed by atoms with Crippen LogP contribution in [0.3, 0.4) is 0 Å². The van der Waals surface area contributed by atoms with Crippen LogP contribution in [0.25, 0.3) is 0 Å². The maximum atomic E-state index is 13.0. The highest BCUT2D eigenvalue weighted by molar-refractivity contribution is 6.31. The Balaban J connectivity index is 2.21. The molecule has 19 heavy (non-hydrogen) atoms. The minimum Gasteiger partial charge on any atom is -0.309 e. The molecule has 1 unspecified atom stereocenters. The summed E-state index contributed by atoms with van der Waals surface area (Å²) < 4.78 is 13.0. The topological polar surface area (TPSA) is 37.8 Å². The Morgan fingerprint density at radius 1 is 1.37 bits per heavy atom. The lowest BCUT2D eigenvalue weighted by molar-refractivity contribution is 0.534. The standard InChI is InChI=1S/C14H15ClFN3/c1-2-18-13(14-9-17-5-6-19-14)7-10-3-4-11(16)8-12(10)15/h3-6,8-9,13,18H,2,7H2,1H3. The highest BCUT2D eigenvalue weighted by Crippen LogP contribution is 2.23. The van der Waals surface area contributed by atoms with Gasteiger partial charge in [0.05, 0.1) is 11.7 Å². The van der Waals surface area contributed by atoms with E-state index in [1.54, 1.807) is 24.7 Å². The van der Waals surface area contributed by atoms with Gasteiger partial charge < -0.3 is 5.32 Å². The lowest BCUT2D eigenvalue weighted by Crippen LogP contribution is -2.24. The number of likely N-dealkylation sites (N-methyl/N-ethyl adjacent to an activating group) is 1. The highest BCUT2D eigenvalue weighted by atomic mass is 35.5. The van der Waals surface area contributed by atoms with Crippen molar-refractivity contribution in [3.8, 4) is 0 Å². The number of benzene rings is 1. The summed E-state index contributed by atoms with van der Waals surface area (Å²) in [7, 11) is 0. The Hall–Kier alpha value is -1.52. The van der Waals surface area contributed by atoms with Crippen molar-refractivity contribution in [3.05, 3.63) is 58.9 Å². The first-order chi connectivity index (χ1) is 9.20. The second-order valence-corrected chi connectivity index (χ2v) is 4.59. The van der Waals surface area contributed by atoms with E-state index in [-0.39, 0.29) is 11.9 Å². The Morgan fingerprint density at radius 3 is 2.84 bits per heavy atom.